The van der Waals surface area contributed by atoms with E-state index in [1.165, 1.54) is 4.90 Å². The highest BCUT2D eigenvalue weighted by Gasteiger charge is 2.31. The average molecular weight is 379 g/mol. The number of urea groups is 1. The summed E-state index contributed by atoms with van der Waals surface area (Å²) < 4.78 is 0. The Morgan fingerprint density at radius 1 is 0.885 bits per heavy atom. The number of rotatable bonds is 1. The molecule has 26 heavy (non-hydrogen) atoms. The van der Waals surface area contributed by atoms with Crippen LogP contribution in [0.15, 0.2) is 18.2 Å². The summed E-state index contributed by atoms with van der Waals surface area (Å²) in [7, 11) is 0. The number of halogens is 1. The second kappa shape index (κ2) is 7.95. The van der Waals surface area contributed by atoms with Crippen molar-refractivity contribution in [1.29, 1.82) is 0 Å². The van der Waals surface area contributed by atoms with Gasteiger partial charge in [0.2, 0.25) is 0 Å². The molecule has 0 bridgehead atoms. The maximum atomic E-state index is 12.4. The van der Waals surface area contributed by atoms with E-state index in [1.807, 2.05) is 6.92 Å². The van der Waals surface area contributed by atoms with Crippen LogP contribution >= 0.6 is 11.6 Å². The van der Waals surface area contributed by atoms with Gasteiger partial charge in [-0.1, -0.05) is 17.7 Å². The van der Waals surface area contributed by atoms with Gasteiger partial charge in [0.15, 0.2) is 0 Å². The molecular weight excluding hydrogens is 356 g/mol. The molecular formula is C18H23ClN4O3. The zero-order valence-corrected chi connectivity index (χ0v) is 15.6. The Kier molecular flexibility index (Phi) is 5.66. The van der Waals surface area contributed by atoms with Crippen molar-refractivity contribution in [2.45, 2.75) is 19.8 Å². The molecule has 2 saturated heterocycles. The lowest BCUT2D eigenvalue weighted by molar-refractivity contribution is -0.152. The molecule has 2 fully saturated rings. The van der Waals surface area contributed by atoms with Gasteiger partial charge in [0, 0.05) is 50.0 Å². The van der Waals surface area contributed by atoms with Crippen LogP contribution in [0.5, 0.6) is 0 Å². The van der Waals surface area contributed by atoms with Gasteiger partial charge in [0.25, 0.3) is 0 Å². The molecule has 1 aromatic rings. The number of carbonyl (C=O) groups is 3. The molecule has 3 rings (SSSR count). The number of nitrogens with zero attached hydrogens (tertiary/aromatic N) is 3. The Hall–Kier alpha value is -2.28. The first-order valence-corrected chi connectivity index (χ1v) is 9.24. The Morgan fingerprint density at radius 3 is 2.04 bits per heavy atom. The third-order valence-corrected chi connectivity index (χ3v) is 5.35. The van der Waals surface area contributed by atoms with Crippen LogP contribution in [0.1, 0.15) is 18.4 Å². The molecule has 1 N–H and O–H groups in total. The molecule has 8 heteroatoms. The summed E-state index contributed by atoms with van der Waals surface area (Å²) >= 11 is 6.08. The molecule has 7 nitrogen and oxygen atoms in total. The van der Waals surface area contributed by atoms with Crippen molar-refractivity contribution in [2.75, 3.05) is 44.6 Å². The van der Waals surface area contributed by atoms with E-state index in [0.29, 0.717) is 50.0 Å². The summed E-state index contributed by atoms with van der Waals surface area (Å²) in [6.07, 6.45) is 1.91. The topological polar surface area (TPSA) is 73.0 Å². The quantitative estimate of drug-likeness (QED) is 0.759. The molecule has 140 valence electrons. The minimum absolute atomic E-state index is 0.228. The van der Waals surface area contributed by atoms with Crippen molar-refractivity contribution in [2.24, 2.45) is 0 Å². The molecule has 0 aromatic heterocycles. The lowest BCUT2D eigenvalue weighted by Gasteiger charge is -2.35. The van der Waals surface area contributed by atoms with Crippen LogP contribution < -0.4 is 5.32 Å². The zero-order valence-electron chi connectivity index (χ0n) is 14.8. The van der Waals surface area contributed by atoms with E-state index in [-0.39, 0.29) is 6.03 Å². The lowest BCUT2D eigenvalue weighted by atomic mass is 10.2. The van der Waals surface area contributed by atoms with Crippen LogP contribution in [0.25, 0.3) is 0 Å². The van der Waals surface area contributed by atoms with Crippen molar-refractivity contribution < 1.29 is 14.4 Å². The maximum Gasteiger partial charge on any atom is 0.321 e. The van der Waals surface area contributed by atoms with Crippen molar-refractivity contribution in [3.63, 3.8) is 0 Å². The van der Waals surface area contributed by atoms with Crippen LogP contribution in [0.2, 0.25) is 5.02 Å². The van der Waals surface area contributed by atoms with Crippen LogP contribution in [0.3, 0.4) is 0 Å². The normalized spacial score (nSPS) is 17.4. The summed E-state index contributed by atoms with van der Waals surface area (Å²) in [6, 6.07) is 5.13. The summed E-state index contributed by atoms with van der Waals surface area (Å²) in [4.78, 5) is 41.8. The lowest BCUT2D eigenvalue weighted by Crippen LogP contribution is -2.54. The monoisotopic (exact) mass is 378 g/mol. The van der Waals surface area contributed by atoms with Gasteiger partial charge in [-0.25, -0.2) is 4.79 Å². The smallest absolute Gasteiger partial charge is 0.321 e. The Morgan fingerprint density at radius 2 is 1.42 bits per heavy atom. The molecule has 0 atom stereocenters. The molecule has 0 spiro atoms. The van der Waals surface area contributed by atoms with Crippen molar-refractivity contribution >= 4 is 35.1 Å². The van der Waals surface area contributed by atoms with Gasteiger partial charge in [0.1, 0.15) is 0 Å². The van der Waals surface area contributed by atoms with Gasteiger partial charge in [-0.15, -0.1) is 0 Å². The van der Waals surface area contributed by atoms with E-state index >= 15 is 0 Å². The van der Waals surface area contributed by atoms with Gasteiger partial charge in [-0.3, -0.25) is 9.59 Å². The fourth-order valence-electron chi connectivity index (χ4n) is 3.24. The van der Waals surface area contributed by atoms with E-state index in [9.17, 15) is 14.4 Å². The van der Waals surface area contributed by atoms with Crippen LogP contribution in [-0.4, -0.2) is 71.8 Å². The first kappa shape index (κ1) is 18.5. The molecule has 2 aliphatic heterocycles. The summed E-state index contributed by atoms with van der Waals surface area (Å²) in [5.41, 5.74) is 1.48. The van der Waals surface area contributed by atoms with E-state index in [0.717, 1.165) is 18.4 Å². The number of anilines is 1. The van der Waals surface area contributed by atoms with Gasteiger partial charge in [0.05, 0.1) is 0 Å². The molecule has 0 radical (unpaired) electrons. The number of benzene rings is 1. The molecule has 0 saturated carbocycles. The molecule has 2 heterocycles. The van der Waals surface area contributed by atoms with Crippen molar-refractivity contribution in [3.05, 3.63) is 28.8 Å². The highest BCUT2D eigenvalue weighted by molar-refractivity contribution is 6.35. The number of hydrogen-bond acceptors (Lipinski definition) is 3. The van der Waals surface area contributed by atoms with Crippen molar-refractivity contribution in [1.82, 2.24) is 14.7 Å². The molecule has 0 aliphatic carbocycles. The van der Waals surface area contributed by atoms with E-state index in [1.54, 1.807) is 28.0 Å². The average Bonchev–Trinajstić information content (AvgIpc) is 3.19. The zero-order chi connectivity index (χ0) is 18.7. The predicted molar refractivity (Wildman–Crippen MR) is 99.2 cm³/mol. The third kappa shape index (κ3) is 3.93. The molecule has 0 unspecified atom stereocenters. The summed E-state index contributed by atoms with van der Waals surface area (Å²) in [5, 5.41) is 3.45. The molecule has 2 aliphatic rings. The second-order valence-electron chi connectivity index (χ2n) is 6.62. The van der Waals surface area contributed by atoms with Gasteiger partial charge in [-0.2, -0.15) is 0 Å². The SMILES string of the molecule is Cc1c(Cl)cccc1NC(=O)N1CCN(C(=O)C(=O)N2CCCC2)CC1. The van der Waals surface area contributed by atoms with Gasteiger partial charge in [-0.05, 0) is 37.5 Å². The molecule has 1 aromatic carbocycles. The highest BCUT2D eigenvalue weighted by atomic mass is 35.5. The van der Waals surface area contributed by atoms with E-state index < -0.39 is 11.8 Å². The van der Waals surface area contributed by atoms with Crippen LogP contribution in [-0.2, 0) is 9.59 Å². The van der Waals surface area contributed by atoms with Crippen LogP contribution in [0.4, 0.5) is 10.5 Å². The minimum atomic E-state index is -0.461. The third-order valence-electron chi connectivity index (χ3n) is 4.94. The minimum Gasteiger partial charge on any atom is -0.334 e. The largest absolute Gasteiger partial charge is 0.334 e. The fraction of sp³-hybridized carbons (Fsp3) is 0.500. The molecule has 4 amide bonds. The highest BCUT2D eigenvalue weighted by Crippen LogP contribution is 2.23. The number of amides is 4. The maximum absolute atomic E-state index is 12.4. The van der Waals surface area contributed by atoms with Gasteiger partial charge >= 0.3 is 17.8 Å². The predicted octanol–water partition coefficient (Wildman–Crippen LogP) is 1.95. The van der Waals surface area contributed by atoms with E-state index in [2.05, 4.69) is 5.32 Å². The van der Waals surface area contributed by atoms with Gasteiger partial charge < -0.3 is 20.0 Å². The number of piperazine rings is 1. The first-order valence-electron chi connectivity index (χ1n) is 8.86. The summed E-state index contributed by atoms with van der Waals surface area (Å²) in [5.74, 6) is -0.882. The number of carbonyl (C=O) groups excluding carboxylic acids is 3. The number of hydrogen-bond donors (Lipinski definition) is 1. The van der Waals surface area contributed by atoms with Crippen molar-refractivity contribution in [3.8, 4) is 0 Å². The van der Waals surface area contributed by atoms with Crippen LogP contribution in [0, 0.1) is 6.92 Å². The number of likely N-dealkylation sites (tertiary alicyclic amines) is 1. The standard InChI is InChI=1S/C18H23ClN4O3/c1-13-14(19)5-4-6-15(13)20-18(26)23-11-9-22(10-12-23)17(25)16(24)21-7-2-3-8-21/h4-6H,2-3,7-12H2,1H3,(H,20,26). The Bertz CT molecular complexity index is 710. The first-order chi connectivity index (χ1) is 12.5. The number of nitrogens with one attached hydrogen (secondary N) is 1. The van der Waals surface area contributed by atoms with E-state index in [4.69, 9.17) is 11.6 Å². The fourth-order valence-corrected chi connectivity index (χ4v) is 3.42. The Labute approximate surface area is 157 Å². The Balaban J connectivity index is 1.53. The second-order valence-corrected chi connectivity index (χ2v) is 7.03. The summed E-state index contributed by atoms with van der Waals surface area (Å²) in [6.45, 7) is 4.67.